The van der Waals surface area contributed by atoms with Crippen molar-refractivity contribution >= 4 is 12.0 Å². The number of rotatable bonds is 6. The van der Waals surface area contributed by atoms with Crippen molar-refractivity contribution in [3.05, 3.63) is 89.5 Å². The molecule has 0 atom stereocenters. The summed E-state index contributed by atoms with van der Waals surface area (Å²) in [5.41, 5.74) is 3.09. The first-order valence-corrected chi connectivity index (χ1v) is 6.94. The highest BCUT2D eigenvalue weighted by Gasteiger charge is 1.99. The Hall–Kier alpha value is -2.61. The molecule has 106 valence electrons. The van der Waals surface area contributed by atoms with Crippen LogP contribution < -0.4 is 0 Å². The smallest absolute Gasteiger partial charge is 0.328 e. The Kier molecular flexibility index (Phi) is 5.53. The van der Waals surface area contributed by atoms with E-state index in [1.807, 2.05) is 60.7 Å². The quantitative estimate of drug-likeness (QED) is 0.630. The molecule has 0 aromatic heterocycles. The van der Waals surface area contributed by atoms with Crippen LogP contribution in [-0.2, 0) is 11.2 Å². The maximum Gasteiger partial charge on any atom is 0.328 e. The topological polar surface area (TPSA) is 37.3 Å². The van der Waals surface area contributed by atoms with E-state index < -0.39 is 5.97 Å². The highest BCUT2D eigenvalue weighted by molar-refractivity contribution is 5.81. The van der Waals surface area contributed by atoms with Gasteiger partial charge in [0.25, 0.3) is 0 Å². The number of aryl methyl sites for hydroxylation is 1. The summed E-state index contributed by atoms with van der Waals surface area (Å²) >= 11 is 0. The Morgan fingerprint density at radius 3 is 2.19 bits per heavy atom. The average molecular weight is 278 g/mol. The largest absolute Gasteiger partial charge is 0.478 e. The van der Waals surface area contributed by atoms with E-state index in [4.69, 9.17) is 5.11 Å². The normalized spacial score (nSPS) is 11.7. The first kappa shape index (κ1) is 14.8. The third kappa shape index (κ3) is 5.49. The molecule has 2 aromatic rings. The molecule has 2 rings (SSSR count). The maximum absolute atomic E-state index is 10.9. The van der Waals surface area contributed by atoms with Crippen LogP contribution in [0.4, 0.5) is 0 Å². The molecule has 0 heterocycles. The van der Waals surface area contributed by atoms with Gasteiger partial charge in [-0.3, -0.25) is 0 Å². The Balaban J connectivity index is 2.05. The summed E-state index contributed by atoms with van der Waals surface area (Å²) in [6.07, 6.45) is 6.65. The van der Waals surface area contributed by atoms with Gasteiger partial charge in [0.05, 0.1) is 0 Å². The summed E-state index contributed by atoms with van der Waals surface area (Å²) in [4.78, 5) is 10.9. The molecule has 0 saturated carbocycles. The van der Waals surface area contributed by atoms with Crippen molar-refractivity contribution < 1.29 is 9.90 Å². The minimum atomic E-state index is -0.907. The summed E-state index contributed by atoms with van der Waals surface area (Å²) in [5, 5.41) is 8.97. The molecule has 2 nitrogen and oxygen atoms in total. The zero-order valence-electron chi connectivity index (χ0n) is 11.8. The Bertz CT molecular complexity index is 625. The van der Waals surface area contributed by atoms with Crippen molar-refractivity contribution in [2.75, 3.05) is 0 Å². The van der Waals surface area contributed by atoms with E-state index in [1.165, 1.54) is 11.6 Å². The van der Waals surface area contributed by atoms with E-state index in [1.54, 1.807) is 0 Å². The van der Waals surface area contributed by atoms with Gasteiger partial charge in [-0.15, -0.1) is 0 Å². The molecule has 0 aliphatic heterocycles. The van der Waals surface area contributed by atoms with Crippen LogP contribution in [0.3, 0.4) is 0 Å². The van der Waals surface area contributed by atoms with Gasteiger partial charge in [0.15, 0.2) is 0 Å². The van der Waals surface area contributed by atoms with Crippen LogP contribution in [0.5, 0.6) is 0 Å². The molecule has 0 aliphatic carbocycles. The fraction of sp³-hybridized carbons (Fsp3) is 0.105. The van der Waals surface area contributed by atoms with Crippen molar-refractivity contribution in [3.63, 3.8) is 0 Å². The number of benzene rings is 2. The first-order valence-electron chi connectivity index (χ1n) is 6.94. The molecule has 21 heavy (non-hydrogen) atoms. The summed E-state index contributed by atoms with van der Waals surface area (Å²) in [7, 11) is 0. The highest BCUT2D eigenvalue weighted by atomic mass is 16.4. The van der Waals surface area contributed by atoms with Gasteiger partial charge >= 0.3 is 5.97 Å². The second kappa shape index (κ2) is 7.85. The van der Waals surface area contributed by atoms with E-state index in [0.717, 1.165) is 17.6 Å². The first-order chi connectivity index (χ1) is 10.2. The molecule has 0 radical (unpaired) electrons. The second-order valence-corrected chi connectivity index (χ2v) is 4.79. The molecule has 0 spiro atoms. The van der Waals surface area contributed by atoms with E-state index in [0.29, 0.717) is 6.42 Å². The fourth-order valence-corrected chi connectivity index (χ4v) is 2.06. The van der Waals surface area contributed by atoms with Crippen molar-refractivity contribution in [2.45, 2.75) is 12.8 Å². The maximum atomic E-state index is 10.9. The highest BCUT2D eigenvalue weighted by Crippen LogP contribution is 2.12. The van der Waals surface area contributed by atoms with Crippen LogP contribution >= 0.6 is 0 Å². The average Bonchev–Trinajstić information content (AvgIpc) is 2.51. The van der Waals surface area contributed by atoms with Crippen LogP contribution in [0.1, 0.15) is 17.5 Å². The molecule has 0 amide bonds. The lowest BCUT2D eigenvalue weighted by Gasteiger charge is -2.03. The van der Waals surface area contributed by atoms with Crippen molar-refractivity contribution in [1.82, 2.24) is 0 Å². The van der Waals surface area contributed by atoms with Gasteiger partial charge in [-0.2, -0.15) is 0 Å². The Labute approximate surface area is 125 Å². The van der Waals surface area contributed by atoms with Gasteiger partial charge in [0.1, 0.15) is 0 Å². The van der Waals surface area contributed by atoms with Crippen LogP contribution in [0.15, 0.2) is 78.4 Å². The number of hydrogen-bond acceptors (Lipinski definition) is 1. The predicted octanol–water partition coefficient (Wildman–Crippen LogP) is 4.34. The van der Waals surface area contributed by atoms with Gasteiger partial charge < -0.3 is 5.11 Å². The van der Waals surface area contributed by atoms with Crippen LogP contribution in [0.2, 0.25) is 0 Å². The summed E-state index contributed by atoms with van der Waals surface area (Å²) in [6, 6.07) is 19.9. The number of carboxylic acid groups (broad SMARTS) is 1. The van der Waals surface area contributed by atoms with Gasteiger partial charge in [0.2, 0.25) is 0 Å². The van der Waals surface area contributed by atoms with Gasteiger partial charge in [0, 0.05) is 6.08 Å². The molecule has 0 unspecified atom stereocenters. The predicted molar refractivity (Wildman–Crippen MR) is 86.0 cm³/mol. The number of hydrogen-bond donors (Lipinski definition) is 1. The summed E-state index contributed by atoms with van der Waals surface area (Å²) in [5.74, 6) is -0.907. The molecule has 0 saturated heterocycles. The minimum absolute atomic E-state index is 0.708. The van der Waals surface area contributed by atoms with Gasteiger partial charge in [-0.25, -0.2) is 4.79 Å². The zero-order valence-corrected chi connectivity index (χ0v) is 11.8. The molecule has 2 heteroatoms. The lowest BCUT2D eigenvalue weighted by atomic mass is 10.0. The van der Waals surface area contributed by atoms with Crippen LogP contribution in [0.25, 0.3) is 6.08 Å². The minimum Gasteiger partial charge on any atom is -0.478 e. The molecular weight excluding hydrogens is 260 g/mol. The monoisotopic (exact) mass is 278 g/mol. The lowest BCUT2D eigenvalue weighted by Crippen LogP contribution is -1.93. The zero-order chi connectivity index (χ0) is 14.9. The number of aliphatic carboxylic acids is 1. The number of carbonyl (C=O) groups is 1. The summed E-state index contributed by atoms with van der Waals surface area (Å²) < 4.78 is 0. The van der Waals surface area contributed by atoms with E-state index >= 15 is 0 Å². The van der Waals surface area contributed by atoms with E-state index in [2.05, 4.69) is 12.1 Å². The van der Waals surface area contributed by atoms with Gasteiger partial charge in [-0.1, -0.05) is 72.8 Å². The second-order valence-electron chi connectivity index (χ2n) is 4.79. The summed E-state index contributed by atoms with van der Waals surface area (Å²) in [6.45, 7) is 0. The molecule has 0 fully saturated rings. The van der Waals surface area contributed by atoms with E-state index in [-0.39, 0.29) is 0 Å². The Morgan fingerprint density at radius 2 is 1.57 bits per heavy atom. The molecule has 0 aliphatic rings. The third-order valence-corrected chi connectivity index (χ3v) is 3.14. The van der Waals surface area contributed by atoms with Crippen molar-refractivity contribution in [2.24, 2.45) is 0 Å². The molecule has 0 bridgehead atoms. The SMILES string of the molecule is O=C(O)/C=C(/C=C/c1ccccc1)CCc1ccccc1. The van der Waals surface area contributed by atoms with E-state index in [9.17, 15) is 4.79 Å². The fourth-order valence-electron chi connectivity index (χ4n) is 2.06. The number of allylic oxidation sites excluding steroid dienone is 2. The van der Waals surface area contributed by atoms with Crippen LogP contribution in [0, 0.1) is 0 Å². The van der Waals surface area contributed by atoms with Crippen molar-refractivity contribution in [1.29, 1.82) is 0 Å². The molecular formula is C19H18O2. The Morgan fingerprint density at radius 1 is 0.952 bits per heavy atom. The molecule has 1 N–H and O–H groups in total. The van der Waals surface area contributed by atoms with Gasteiger partial charge in [-0.05, 0) is 29.5 Å². The standard InChI is InChI=1S/C19H18O2/c20-19(21)15-18(13-11-16-7-3-1-4-8-16)14-12-17-9-5-2-6-10-17/h1-11,13,15H,12,14H2,(H,20,21)/b13-11+,18-15-. The van der Waals surface area contributed by atoms with Crippen LogP contribution in [-0.4, -0.2) is 11.1 Å². The van der Waals surface area contributed by atoms with Crippen molar-refractivity contribution in [3.8, 4) is 0 Å². The lowest BCUT2D eigenvalue weighted by molar-refractivity contribution is -0.131. The molecule has 2 aromatic carbocycles. The third-order valence-electron chi connectivity index (χ3n) is 3.14. The number of carboxylic acids is 1.